The van der Waals surface area contributed by atoms with Crippen LogP contribution in [0.3, 0.4) is 0 Å². The van der Waals surface area contributed by atoms with Crippen molar-refractivity contribution in [1.29, 1.82) is 0 Å². The van der Waals surface area contributed by atoms with Crippen molar-refractivity contribution in [1.82, 2.24) is 4.90 Å². The van der Waals surface area contributed by atoms with E-state index < -0.39 is 4.92 Å². The number of carbonyl (C=O) groups excluding carboxylic acids is 1. The molecule has 1 aromatic rings. The summed E-state index contributed by atoms with van der Waals surface area (Å²) in [5.41, 5.74) is 6.79. The Balaban J connectivity index is 2.27. The molecule has 2 N–H and O–H groups in total. The molecule has 0 aliphatic carbocycles. The molecule has 22 heavy (non-hydrogen) atoms. The predicted octanol–water partition coefficient (Wildman–Crippen LogP) is 1.48. The van der Waals surface area contributed by atoms with Crippen LogP contribution in [0.15, 0.2) is 18.2 Å². The molecule has 1 aliphatic heterocycles. The van der Waals surface area contributed by atoms with Gasteiger partial charge in [0.05, 0.1) is 11.0 Å². The number of nitro groups is 1. The van der Waals surface area contributed by atoms with Crippen molar-refractivity contribution < 1.29 is 14.5 Å². The lowest BCUT2D eigenvalue weighted by molar-refractivity contribution is -0.384. The smallest absolute Gasteiger partial charge is 0.270 e. The highest BCUT2D eigenvalue weighted by molar-refractivity contribution is 5.96. The van der Waals surface area contributed by atoms with Crippen molar-refractivity contribution >= 4 is 11.6 Å². The normalized spacial score (nSPS) is 21.7. The third-order valence-electron chi connectivity index (χ3n) is 4.20. The molecule has 2 atom stereocenters. The summed E-state index contributed by atoms with van der Waals surface area (Å²) in [6.07, 6.45) is 1.53. The Hall–Kier alpha value is -1.99. The average Bonchev–Trinajstić information content (AvgIpc) is 2.53. The first-order valence-corrected chi connectivity index (χ1v) is 7.26. The molecular formula is C15H21N3O4. The first-order valence-electron chi connectivity index (χ1n) is 7.26. The van der Waals surface area contributed by atoms with Gasteiger partial charge in [-0.25, -0.2) is 0 Å². The third-order valence-corrected chi connectivity index (χ3v) is 4.20. The number of rotatable bonds is 4. The highest BCUT2D eigenvalue weighted by atomic mass is 16.6. The quantitative estimate of drug-likeness (QED) is 0.671. The van der Waals surface area contributed by atoms with Crippen LogP contribution in [0.4, 0.5) is 5.69 Å². The summed E-state index contributed by atoms with van der Waals surface area (Å²) in [7, 11) is 1.65. The van der Waals surface area contributed by atoms with Crippen LogP contribution in [0, 0.1) is 17.0 Å². The largest absolute Gasteiger partial charge is 0.381 e. The van der Waals surface area contributed by atoms with Crippen molar-refractivity contribution in [2.45, 2.75) is 31.9 Å². The summed E-state index contributed by atoms with van der Waals surface area (Å²) in [6, 6.07) is 4.24. The zero-order valence-electron chi connectivity index (χ0n) is 12.8. The van der Waals surface area contributed by atoms with E-state index >= 15 is 0 Å². The number of non-ortho nitro benzene ring substituents is 1. The maximum Gasteiger partial charge on any atom is 0.270 e. The SMILES string of the molecule is COC1CCN(C(=O)c2cc([N+](=O)[O-])ccc2C)C(CN)C1. The molecular weight excluding hydrogens is 286 g/mol. The van der Waals surface area contributed by atoms with Crippen LogP contribution < -0.4 is 5.73 Å². The number of hydrogen-bond donors (Lipinski definition) is 1. The number of carbonyl (C=O) groups is 1. The summed E-state index contributed by atoms with van der Waals surface area (Å²) in [5.74, 6) is -0.203. The van der Waals surface area contributed by atoms with Gasteiger partial charge in [0.2, 0.25) is 0 Å². The number of aryl methyl sites for hydroxylation is 1. The summed E-state index contributed by atoms with van der Waals surface area (Å²) in [4.78, 5) is 24.9. The first kappa shape index (κ1) is 16.4. The molecule has 0 bridgehead atoms. The van der Waals surface area contributed by atoms with Crippen LogP contribution in [-0.2, 0) is 4.74 Å². The van der Waals surface area contributed by atoms with Gasteiger partial charge >= 0.3 is 0 Å². The van der Waals surface area contributed by atoms with Gasteiger partial charge in [-0.1, -0.05) is 6.07 Å². The first-order chi connectivity index (χ1) is 10.5. The molecule has 1 aromatic carbocycles. The van der Waals surface area contributed by atoms with Gasteiger partial charge in [-0.05, 0) is 25.3 Å². The molecule has 1 heterocycles. The number of benzene rings is 1. The van der Waals surface area contributed by atoms with E-state index in [0.29, 0.717) is 25.1 Å². The van der Waals surface area contributed by atoms with Crippen molar-refractivity contribution in [2.24, 2.45) is 5.73 Å². The zero-order chi connectivity index (χ0) is 16.3. The molecule has 120 valence electrons. The van der Waals surface area contributed by atoms with Gasteiger partial charge < -0.3 is 15.4 Å². The van der Waals surface area contributed by atoms with Gasteiger partial charge in [0, 0.05) is 43.9 Å². The van der Waals surface area contributed by atoms with Gasteiger partial charge in [0.1, 0.15) is 0 Å². The second-order valence-electron chi connectivity index (χ2n) is 5.53. The van der Waals surface area contributed by atoms with Crippen molar-refractivity contribution in [3.05, 3.63) is 39.4 Å². The van der Waals surface area contributed by atoms with Crippen molar-refractivity contribution in [2.75, 3.05) is 20.2 Å². The van der Waals surface area contributed by atoms with Crippen LogP contribution >= 0.6 is 0 Å². The number of nitrogens with zero attached hydrogens (tertiary/aromatic N) is 2. The number of piperidine rings is 1. The number of hydrogen-bond acceptors (Lipinski definition) is 5. The molecule has 1 fully saturated rings. The number of amides is 1. The summed E-state index contributed by atoms with van der Waals surface area (Å²) < 4.78 is 5.35. The standard InChI is InChI=1S/C15H21N3O4/c1-10-3-4-11(18(20)21)8-14(10)15(19)17-6-5-13(22-2)7-12(17)9-16/h3-4,8,12-13H,5-7,9,16H2,1-2H3. The van der Waals surface area contributed by atoms with Gasteiger partial charge in [-0.15, -0.1) is 0 Å². The van der Waals surface area contributed by atoms with E-state index in [0.717, 1.165) is 12.0 Å². The molecule has 0 aromatic heterocycles. The lowest BCUT2D eigenvalue weighted by atomic mass is 9.97. The molecule has 0 radical (unpaired) electrons. The maximum atomic E-state index is 12.8. The van der Waals surface area contributed by atoms with Crippen LogP contribution in [0.1, 0.15) is 28.8 Å². The van der Waals surface area contributed by atoms with E-state index in [4.69, 9.17) is 10.5 Å². The fraction of sp³-hybridized carbons (Fsp3) is 0.533. The van der Waals surface area contributed by atoms with Crippen LogP contribution in [-0.4, -0.2) is 48.1 Å². The van der Waals surface area contributed by atoms with Crippen LogP contribution in [0.2, 0.25) is 0 Å². The third kappa shape index (κ3) is 3.26. The molecule has 2 rings (SSSR count). The summed E-state index contributed by atoms with van der Waals surface area (Å²) in [5, 5.41) is 10.9. The van der Waals surface area contributed by atoms with E-state index in [2.05, 4.69) is 0 Å². The average molecular weight is 307 g/mol. The fourth-order valence-electron chi connectivity index (χ4n) is 2.83. The van der Waals surface area contributed by atoms with Crippen LogP contribution in [0.5, 0.6) is 0 Å². The number of nitro benzene ring substituents is 1. The number of nitrogens with two attached hydrogens (primary N) is 1. The molecule has 1 saturated heterocycles. The molecule has 2 unspecified atom stereocenters. The minimum absolute atomic E-state index is 0.0787. The maximum absolute atomic E-state index is 12.8. The van der Waals surface area contributed by atoms with E-state index in [1.54, 1.807) is 25.0 Å². The Morgan fingerprint density at radius 3 is 2.86 bits per heavy atom. The lowest BCUT2D eigenvalue weighted by Gasteiger charge is -2.38. The van der Waals surface area contributed by atoms with E-state index in [1.165, 1.54) is 12.1 Å². The van der Waals surface area contributed by atoms with Gasteiger partial charge in [0.15, 0.2) is 0 Å². The van der Waals surface area contributed by atoms with Gasteiger partial charge in [-0.3, -0.25) is 14.9 Å². The highest BCUT2D eigenvalue weighted by Gasteiger charge is 2.32. The van der Waals surface area contributed by atoms with Crippen molar-refractivity contribution in [3.8, 4) is 0 Å². The van der Waals surface area contributed by atoms with E-state index in [-0.39, 0.29) is 23.7 Å². The number of methoxy groups -OCH3 is 1. The Morgan fingerprint density at radius 1 is 1.55 bits per heavy atom. The van der Waals surface area contributed by atoms with Gasteiger partial charge in [-0.2, -0.15) is 0 Å². The topological polar surface area (TPSA) is 98.7 Å². The van der Waals surface area contributed by atoms with Crippen molar-refractivity contribution in [3.63, 3.8) is 0 Å². The second kappa shape index (κ2) is 6.85. The molecule has 0 spiro atoms. The fourth-order valence-corrected chi connectivity index (χ4v) is 2.83. The van der Waals surface area contributed by atoms with E-state index in [1.807, 2.05) is 0 Å². The minimum atomic E-state index is -0.492. The molecule has 1 aliphatic rings. The Bertz CT molecular complexity index is 576. The molecule has 1 amide bonds. The molecule has 7 heteroatoms. The Morgan fingerprint density at radius 2 is 2.27 bits per heavy atom. The van der Waals surface area contributed by atoms with Gasteiger partial charge in [0.25, 0.3) is 11.6 Å². The molecule has 7 nitrogen and oxygen atoms in total. The van der Waals surface area contributed by atoms with Crippen LogP contribution in [0.25, 0.3) is 0 Å². The second-order valence-corrected chi connectivity index (χ2v) is 5.53. The summed E-state index contributed by atoms with van der Waals surface area (Å²) in [6.45, 7) is 2.66. The Kier molecular flexibility index (Phi) is 5.10. The Labute approximate surface area is 129 Å². The number of ether oxygens (including phenoxy) is 1. The monoisotopic (exact) mass is 307 g/mol. The molecule has 0 saturated carbocycles. The lowest BCUT2D eigenvalue weighted by Crippen LogP contribution is -2.51. The van der Waals surface area contributed by atoms with E-state index in [9.17, 15) is 14.9 Å². The summed E-state index contributed by atoms with van der Waals surface area (Å²) >= 11 is 0. The zero-order valence-corrected chi connectivity index (χ0v) is 12.8. The number of likely N-dealkylation sites (tertiary alicyclic amines) is 1. The minimum Gasteiger partial charge on any atom is -0.381 e. The highest BCUT2D eigenvalue weighted by Crippen LogP contribution is 2.24. The predicted molar refractivity (Wildman–Crippen MR) is 81.7 cm³/mol.